The van der Waals surface area contributed by atoms with Gasteiger partial charge in [0.1, 0.15) is 5.82 Å². The van der Waals surface area contributed by atoms with Gasteiger partial charge in [0, 0.05) is 23.9 Å². The summed E-state index contributed by atoms with van der Waals surface area (Å²) >= 11 is 6.36. The number of rotatable bonds is 6. The molecule has 0 spiro atoms. The van der Waals surface area contributed by atoms with Crippen LogP contribution in [-0.4, -0.2) is 36.2 Å². The van der Waals surface area contributed by atoms with Crippen LogP contribution in [0.4, 0.5) is 4.39 Å². The Balaban J connectivity index is 1.74. The first kappa shape index (κ1) is 20.3. The summed E-state index contributed by atoms with van der Waals surface area (Å²) in [5.41, 5.74) is 1.44. The van der Waals surface area contributed by atoms with Crippen molar-refractivity contribution in [1.82, 2.24) is 4.90 Å². The molecule has 0 saturated heterocycles. The highest BCUT2D eigenvalue weighted by Crippen LogP contribution is 2.41. The molecule has 0 radical (unpaired) electrons. The minimum Gasteiger partial charge on any atom is -0.389 e. The molecule has 3 atom stereocenters. The monoisotopic (exact) mass is 389 g/mol. The van der Waals surface area contributed by atoms with Gasteiger partial charge in [-0.3, -0.25) is 0 Å². The predicted molar refractivity (Wildman–Crippen MR) is 110 cm³/mol. The Bertz CT molecular complexity index is 748. The van der Waals surface area contributed by atoms with Gasteiger partial charge in [-0.1, -0.05) is 41.9 Å². The van der Waals surface area contributed by atoms with E-state index in [1.165, 1.54) is 17.7 Å². The molecule has 3 unspecified atom stereocenters. The summed E-state index contributed by atoms with van der Waals surface area (Å²) in [7, 11) is 4.11. The van der Waals surface area contributed by atoms with Gasteiger partial charge in [-0.25, -0.2) is 4.39 Å². The number of halogens is 2. The van der Waals surface area contributed by atoms with Crippen molar-refractivity contribution in [3.05, 3.63) is 70.5 Å². The maximum atomic E-state index is 13.2. The molecule has 4 heteroatoms. The molecule has 27 heavy (non-hydrogen) atoms. The maximum Gasteiger partial charge on any atom is 0.123 e. The van der Waals surface area contributed by atoms with Crippen LogP contribution in [-0.2, 0) is 12.8 Å². The van der Waals surface area contributed by atoms with Gasteiger partial charge >= 0.3 is 0 Å². The highest BCUT2D eigenvalue weighted by Gasteiger charge is 2.42. The number of aliphatic hydroxyl groups is 1. The predicted octanol–water partition coefficient (Wildman–Crippen LogP) is 4.97. The molecule has 1 N–H and O–H groups in total. The summed E-state index contributed by atoms with van der Waals surface area (Å²) in [6, 6.07) is 14.6. The standard InChI is InChI=1S/C23H29ClFNO/c1-26(2)16-20-14-18(13-17-7-9-21(25)10-8-17)11-12-23(20,27)15-19-5-3-4-6-22(19)24/h3-10,18,20,27H,11-16H2,1-2H3. The van der Waals surface area contributed by atoms with E-state index in [0.717, 1.165) is 42.8 Å². The van der Waals surface area contributed by atoms with Crippen molar-refractivity contribution in [2.75, 3.05) is 20.6 Å². The number of benzene rings is 2. The average Bonchev–Trinajstić information content (AvgIpc) is 2.62. The fourth-order valence-electron chi connectivity index (χ4n) is 4.43. The van der Waals surface area contributed by atoms with Crippen LogP contribution < -0.4 is 0 Å². The normalized spacial score (nSPS) is 25.7. The summed E-state index contributed by atoms with van der Waals surface area (Å²) in [6.07, 6.45) is 4.24. The summed E-state index contributed by atoms with van der Waals surface area (Å²) in [5, 5.41) is 12.3. The molecular formula is C23H29ClFNO. The van der Waals surface area contributed by atoms with Gasteiger partial charge in [-0.2, -0.15) is 0 Å². The van der Waals surface area contributed by atoms with Gasteiger partial charge in [0.25, 0.3) is 0 Å². The van der Waals surface area contributed by atoms with E-state index in [4.69, 9.17) is 11.6 Å². The molecule has 1 aliphatic carbocycles. The molecular weight excluding hydrogens is 361 g/mol. The lowest BCUT2D eigenvalue weighted by Crippen LogP contribution is -2.49. The lowest BCUT2D eigenvalue weighted by molar-refractivity contribution is -0.0685. The van der Waals surface area contributed by atoms with Crippen molar-refractivity contribution in [3.63, 3.8) is 0 Å². The fraction of sp³-hybridized carbons (Fsp3) is 0.478. The molecule has 1 fully saturated rings. The Morgan fingerprint density at radius 3 is 2.52 bits per heavy atom. The molecule has 2 aromatic rings. The Morgan fingerprint density at radius 1 is 1.15 bits per heavy atom. The highest BCUT2D eigenvalue weighted by molar-refractivity contribution is 6.31. The topological polar surface area (TPSA) is 23.5 Å². The van der Waals surface area contributed by atoms with Crippen LogP contribution in [0, 0.1) is 17.7 Å². The van der Waals surface area contributed by atoms with Gasteiger partial charge in [0.05, 0.1) is 5.60 Å². The second-order valence-corrected chi connectivity index (χ2v) is 8.71. The van der Waals surface area contributed by atoms with Crippen molar-refractivity contribution < 1.29 is 9.50 Å². The zero-order valence-corrected chi connectivity index (χ0v) is 16.9. The number of hydrogen-bond donors (Lipinski definition) is 1. The summed E-state index contributed by atoms with van der Waals surface area (Å²) in [6.45, 7) is 0.848. The van der Waals surface area contributed by atoms with Crippen LogP contribution in [0.25, 0.3) is 0 Å². The van der Waals surface area contributed by atoms with Gasteiger partial charge in [-0.05, 0) is 75.0 Å². The minimum atomic E-state index is -0.742. The molecule has 3 rings (SSSR count). The molecule has 0 aliphatic heterocycles. The van der Waals surface area contributed by atoms with Gasteiger partial charge < -0.3 is 10.0 Å². The third kappa shape index (κ3) is 5.31. The van der Waals surface area contributed by atoms with Crippen molar-refractivity contribution >= 4 is 11.6 Å². The summed E-state index contributed by atoms with van der Waals surface area (Å²) < 4.78 is 13.2. The Labute approximate surface area is 167 Å². The maximum absolute atomic E-state index is 13.2. The largest absolute Gasteiger partial charge is 0.389 e. The van der Waals surface area contributed by atoms with E-state index in [-0.39, 0.29) is 11.7 Å². The molecule has 0 amide bonds. The van der Waals surface area contributed by atoms with Crippen LogP contribution in [0.5, 0.6) is 0 Å². The van der Waals surface area contributed by atoms with E-state index in [1.54, 1.807) is 0 Å². The van der Waals surface area contributed by atoms with Gasteiger partial charge in [0.15, 0.2) is 0 Å². The quantitative estimate of drug-likeness (QED) is 0.753. The van der Waals surface area contributed by atoms with E-state index in [0.29, 0.717) is 12.3 Å². The van der Waals surface area contributed by atoms with Crippen LogP contribution >= 0.6 is 11.6 Å². The molecule has 2 aromatic carbocycles. The average molecular weight is 390 g/mol. The minimum absolute atomic E-state index is 0.183. The highest BCUT2D eigenvalue weighted by atomic mass is 35.5. The second kappa shape index (κ2) is 8.72. The number of hydrogen-bond acceptors (Lipinski definition) is 2. The van der Waals surface area contributed by atoms with Crippen molar-refractivity contribution in [3.8, 4) is 0 Å². The molecule has 0 aromatic heterocycles. The second-order valence-electron chi connectivity index (χ2n) is 8.30. The van der Waals surface area contributed by atoms with Crippen molar-refractivity contribution in [2.45, 2.75) is 37.7 Å². The molecule has 1 saturated carbocycles. The van der Waals surface area contributed by atoms with E-state index in [9.17, 15) is 9.50 Å². The molecule has 1 aliphatic rings. The SMILES string of the molecule is CN(C)CC1CC(Cc2ccc(F)cc2)CCC1(O)Cc1ccccc1Cl. The van der Waals surface area contributed by atoms with E-state index < -0.39 is 5.60 Å². The van der Waals surface area contributed by atoms with E-state index >= 15 is 0 Å². The Hall–Kier alpha value is -1.42. The molecule has 2 nitrogen and oxygen atoms in total. The van der Waals surface area contributed by atoms with Crippen LogP contribution in [0.2, 0.25) is 5.02 Å². The van der Waals surface area contributed by atoms with Crippen molar-refractivity contribution in [2.24, 2.45) is 11.8 Å². The lowest BCUT2D eigenvalue weighted by atomic mass is 9.67. The van der Waals surface area contributed by atoms with Crippen LogP contribution in [0.1, 0.15) is 30.4 Å². The van der Waals surface area contributed by atoms with Crippen LogP contribution in [0.3, 0.4) is 0 Å². The fourth-order valence-corrected chi connectivity index (χ4v) is 4.63. The zero-order chi connectivity index (χ0) is 19.4. The third-order valence-electron chi connectivity index (χ3n) is 5.84. The van der Waals surface area contributed by atoms with E-state index in [1.807, 2.05) is 36.4 Å². The third-order valence-corrected chi connectivity index (χ3v) is 6.21. The Morgan fingerprint density at radius 2 is 1.85 bits per heavy atom. The van der Waals surface area contributed by atoms with Gasteiger partial charge in [0.2, 0.25) is 0 Å². The first-order valence-corrected chi connectivity index (χ1v) is 10.1. The summed E-state index contributed by atoms with van der Waals surface area (Å²) in [5.74, 6) is 0.497. The molecule has 146 valence electrons. The molecule has 0 heterocycles. The summed E-state index contributed by atoms with van der Waals surface area (Å²) in [4.78, 5) is 2.16. The van der Waals surface area contributed by atoms with E-state index in [2.05, 4.69) is 19.0 Å². The van der Waals surface area contributed by atoms with Crippen molar-refractivity contribution in [1.29, 1.82) is 0 Å². The van der Waals surface area contributed by atoms with Crippen LogP contribution in [0.15, 0.2) is 48.5 Å². The first-order valence-electron chi connectivity index (χ1n) is 9.71. The van der Waals surface area contributed by atoms with Gasteiger partial charge in [-0.15, -0.1) is 0 Å². The smallest absolute Gasteiger partial charge is 0.123 e. The Kier molecular flexibility index (Phi) is 6.56. The zero-order valence-electron chi connectivity index (χ0n) is 16.2. The number of nitrogens with zero attached hydrogens (tertiary/aromatic N) is 1. The first-order chi connectivity index (χ1) is 12.9. The lowest BCUT2D eigenvalue weighted by Gasteiger charge is -2.44. The molecule has 0 bridgehead atoms.